The van der Waals surface area contributed by atoms with E-state index in [0.717, 1.165) is 12.0 Å². The summed E-state index contributed by atoms with van der Waals surface area (Å²) in [4.78, 5) is 11.9. The fourth-order valence-electron chi connectivity index (χ4n) is 4.11. The number of aliphatic hydroxyl groups is 1. The van der Waals surface area contributed by atoms with E-state index < -0.39 is 36.9 Å². The lowest BCUT2D eigenvalue weighted by Crippen LogP contribution is -2.67. The smallest absolute Gasteiger partial charge is 0.223 e. The van der Waals surface area contributed by atoms with Crippen LogP contribution < -0.4 is 10.1 Å². The highest BCUT2D eigenvalue weighted by molar-refractivity contribution is 5.73. The van der Waals surface area contributed by atoms with E-state index >= 15 is 0 Å². The second kappa shape index (κ2) is 10.0. The summed E-state index contributed by atoms with van der Waals surface area (Å²) in [6.07, 6.45) is -2.67. The van der Waals surface area contributed by atoms with Crippen LogP contribution in [0.1, 0.15) is 50.5 Å². The lowest BCUT2D eigenvalue weighted by atomic mass is 9.95. The first-order chi connectivity index (χ1) is 15.5. The molecule has 2 fully saturated rings. The van der Waals surface area contributed by atoms with Crippen molar-refractivity contribution in [3.8, 4) is 5.75 Å². The fourth-order valence-corrected chi connectivity index (χ4v) is 4.11. The quantitative estimate of drug-likeness (QED) is 0.716. The predicted molar refractivity (Wildman–Crippen MR) is 118 cm³/mol. The van der Waals surface area contributed by atoms with Crippen molar-refractivity contribution in [1.82, 2.24) is 5.32 Å². The summed E-state index contributed by atoms with van der Waals surface area (Å²) in [6, 6.07) is 16.5. The number of nitrogens with one attached hydrogen (secondary N) is 1. The SMILES string of the molecule is CC[C@H](C)c1ccc(O[C@@H]2O[C@H]3CO[C@H](c4ccccc4)O[C@@H]3[C@@H](O)[C@H]2NC(C)=O)cc1. The maximum absolute atomic E-state index is 11.9. The van der Waals surface area contributed by atoms with Crippen molar-refractivity contribution in [2.24, 2.45) is 0 Å². The van der Waals surface area contributed by atoms with Gasteiger partial charge < -0.3 is 29.4 Å². The van der Waals surface area contributed by atoms with Crippen LogP contribution in [0.4, 0.5) is 0 Å². The molecular formula is C25H31NO6. The van der Waals surface area contributed by atoms with E-state index in [2.05, 4.69) is 19.2 Å². The standard InChI is InChI=1S/C25H31NO6/c1-4-15(2)17-10-12-19(13-11-17)30-25-21(26-16(3)27)22(28)23-20(31-25)14-29-24(32-23)18-8-6-5-7-9-18/h5-13,15,20-25,28H,4,14H2,1-3H3,(H,26,27)/t15-,20-,21+,22-,23-,24-,25+/m0/s1. The molecule has 0 radical (unpaired) electrons. The van der Waals surface area contributed by atoms with Crippen LogP contribution in [-0.4, -0.2) is 48.3 Å². The van der Waals surface area contributed by atoms with Crippen LogP contribution in [0.5, 0.6) is 5.75 Å². The Labute approximate surface area is 188 Å². The van der Waals surface area contributed by atoms with Crippen LogP contribution in [-0.2, 0) is 19.0 Å². The minimum absolute atomic E-state index is 0.237. The summed E-state index contributed by atoms with van der Waals surface area (Å²) in [5, 5.41) is 13.9. The van der Waals surface area contributed by atoms with Crippen LogP contribution in [0, 0.1) is 0 Å². The Morgan fingerprint density at radius 3 is 2.53 bits per heavy atom. The van der Waals surface area contributed by atoms with Gasteiger partial charge in [0.1, 0.15) is 30.1 Å². The van der Waals surface area contributed by atoms with E-state index in [-0.39, 0.29) is 12.5 Å². The van der Waals surface area contributed by atoms with Gasteiger partial charge >= 0.3 is 0 Å². The van der Waals surface area contributed by atoms with Gasteiger partial charge in [-0.05, 0) is 30.0 Å². The first-order valence-corrected chi connectivity index (χ1v) is 11.2. The second-order valence-electron chi connectivity index (χ2n) is 8.43. The highest BCUT2D eigenvalue weighted by Gasteiger charge is 2.50. The molecule has 2 aromatic rings. The van der Waals surface area contributed by atoms with E-state index in [4.69, 9.17) is 18.9 Å². The molecule has 0 aromatic heterocycles. The van der Waals surface area contributed by atoms with Crippen molar-refractivity contribution in [2.75, 3.05) is 6.61 Å². The van der Waals surface area contributed by atoms with E-state index in [1.54, 1.807) is 0 Å². The largest absolute Gasteiger partial charge is 0.463 e. The Morgan fingerprint density at radius 1 is 1.16 bits per heavy atom. The van der Waals surface area contributed by atoms with Gasteiger partial charge in [-0.3, -0.25) is 4.79 Å². The number of rotatable bonds is 6. The zero-order valence-corrected chi connectivity index (χ0v) is 18.6. The average Bonchev–Trinajstić information content (AvgIpc) is 2.82. The molecule has 32 heavy (non-hydrogen) atoms. The molecule has 0 bridgehead atoms. The number of fused-ring (bicyclic) bond motifs is 1. The van der Waals surface area contributed by atoms with Gasteiger partial charge in [-0.2, -0.15) is 0 Å². The van der Waals surface area contributed by atoms with Crippen LogP contribution >= 0.6 is 0 Å². The molecule has 2 aromatic carbocycles. The molecule has 0 saturated carbocycles. The van der Waals surface area contributed by atoms with E-state index in [1.165, 1.54) is 12.5 Å². The molecule has 7 nitrogen and oxygen atoms in total. The summed E-state index contributed by atoms with van der Waals surface area (Å²) in [5.74, 6) is 0.769. The lowest BCUT2D eigenvalue weighted by Gasteiger charge is -2.47. The van der Waals surface area contributed by atoms with Gasteiger partial charge in [0.2, 0.25) is 12.2 Å². The summed E-state index contributed by atoms with van der Waals surface area (Å²) in [5.41, 5.74) is 2.08. The molecule has 2 N–H and O–H groups in total. The molecule has 0 unspecified atom stereocenters. The third kappa shape index (κ3) is 4.96. The van der Waals surface area contributed by atoms with Crippen LogP contribution in [0.25, 0.3) is 0 Å². The highest BCUT2D eigenvalue weighted by atomic mass is 16.7. The van der Waals surface area contributed by atoms with Gasteiger partial charge in [-0.15, -0.1) is 0 Å². The molecular weight excluding hydrogens is 410 g/mol. The molecule has 7 atom stereocenters. The van der Waals surface area contributed by atoms with Crippen LogP contribution in [0.15, 0.2) is 54.6 Å². The number of carbonyl (C=O) groups excluding carboxylic acids is 1. The molecule has 1 amide bonds. The number of carbonyl (C=O) groups is 1. The first-order valence-electron chi connectivity index (χ1n) is 11.2. The monoisotopic (exact) mass is 441 g/mol. The van der Waals surface area contributed by atoms with Crippen LogP contribution in [0.2, 0.25) is 0 Å². The molecule has 4 rings (SSSR count). The normalized spacial score (nSPS) is 30.8. The third-order valence-corrected chi connectivity index (χ3v) is 6.12. The third-order valence-electron chi connectivity index (χ3n) is 6.12. The van der Waals surface area contributed by atoms with Gasteiger partial charge in [-0.25, -0.2) is 0 Å². The number of hydrogen-bond donors (Lipinski definition) is 2. The van der Waals surface area contributed by atoms with Crippen molar-refractivity contribution in [3.05, 3.63) is 65.7 Å². The van der Waals surface area contributed by atoms with Crippen molar-refractivity contribution in [2.45, 2.75) is 70.0 Å². The molecule has 2 aliphatic rings. The Hall–Kier alpha value is -2.45. The van der Waals surface area contributed by atoms with E-state index in [9.17, 15) is 9.90 Å². The maximum Gasteiger partial charge on any atom is 0.223 e. The Morgan fingerprint density at radius 2 is 1.88 bits per heavy atom. The maximum atomic E-state index is 11.9. The van der Waals surface area contributed by atoms with E-state index in [0.29, 0.717) is 11.7 Å². The predicted octanol–water partition coefficient (Wildman–Crippen LogP) is 3.28. The summed E-state index contributed by atoms with van der Waals surface area (Å²) >= 11 is 0. The molecule has 2 saturated heterocycles. The molecule has 2 aliphatic heterocycles. The first kappa shape index (κ1) is 22.7. The summed E-state index contributed by atoms with van der Waals surface area (Å²) in [7, 11) is 0. The van der Waals surface area contributed by atoms with Gasteiger partial charge in [0.15, 0.2) is 6.29 Å². The highest BCUT2D eigenvalue weighted by Crippen LogP contribution is 2.35. The molecule has 0 spiro atoms. The topological polar surface area (TPSA) is 86.2 Å². The number of ether oxygens (including phenoxy) is 4. The minimum Gasteiger partial charge on any atom is -0.463 e. The zero-order valence-electron chi connectivity index (χ0n) is 18.6. The van der Waals surface area contributed by atoms with Gasteiger partial charge in [0, 0.05) is 12.5 Å². The number of hydrogen-bond acceptors (Lipinski definition) is 6. The van der Waals surface area contributed by atoms with Gasteiger partial charge in [-0.1, -0.05) is 56.3 Å². The van der Waals surface area contributed by atoms with Crippen molar-refractivity contribution in [3.63, 3.8) is 0 Å². The van der Waals surface area contributed by atoms with Crippen LogP contribution in [0.3, 0.4) is 0 Å². The second-order valence-corrected chi connectivity index (χ2v) is 8.43. The van der Waals surface area contributed by atoms with E-state index in [1.807, 2.05) is 54.6 Å². The summed E-state index contributed by atoms with van der Waals surface area (Å²) < 4.78 is 24.1. The van der Waals surface area contributed by atoms with Gasteiger partial charge in [0.25, 0.3) is 0 Å². The van der Waals surface area contributed by atoms with Crippen molar-refractivity contribution < 1.29 is 28.8 Å². The Balaban J connectivity index is 1.50. The van der Waals surface area contributed by atoms with Crippen molar-refractivity contribution >= 4 is 5.91 Å². The molecule has 0 aliphatic carbocycles. The minimum atomic E-state index is -1.03. The number of benzene rings is 2. The molecule has 7 heteroatoms. The summed E-state index contributed by atoms with van der Waals surface area (Å²) in [6.45, 7) is 5.96. The average molecular weight is 442 g/mol. The van der Waals surface area contributed by atoms with Crippen molar-refractivity contribution in [1.29, 1.82) is 0 Å². The lowest BCUT2D eigenvalue weighted by molar-refractivity contribution is -0.333. The van der Waals surface area contributed by atoms with Gasteiger partial charge in [0.05, 0.1) is 6.61 Å². The number of amides is 1. The molecule has 2 heterocycles. The number of aliphatic hydroxyl groups excluding tert-OH is 1. The molecule has 172 valence electrons. The zero-order chi connectivity index (χ0) is 22.7. The fraction of sp³-hybridized carbons (Fsp3) is 0.480. The Kier molecular flexibility index (Phi) is 7.10. The Bertz CT molecular complexity index is 889.